The van der Waals surface area contributed by atoms with Gasteiger partial charge in [-0.25, -0.2) is 9.18 Å². The van der Waals surface area contributed by atoms with Crippen molar-refractivity contribution in [1.82, 2.24) is 4.90 Å². The van der Waals surface area contributed by atoms with Crippen LogP contribution in [0.25, 0.3) is 0 Å². The highest BCUT2D eigenvalue weighted by Crippen LogP contribution is 2.31. The Hall–Kier alpha value is -1.67. The van der Waals surface area contributed by atoms with Gasteiger partial charge in [-0.05, 0) is 19.2 Å². The first-order chi connectivity index (χ1) is 9.90. The summed E-state index contributed by atoms with van der Waals surface area (Å²) in [6.45, 7) is 6.48. The van der Waals surface area contributed by atoms with E-state index in [-0.39, 0.29) is 10.6 Å². The molecule has 1 N–H and O–H groups in total. The number of aromatic carboxylic acids is 1. The van der Waals surface area contributed by atoms with E-state index in [1.807, 2.05) is 13.8 Å². The Kier molecular flexibility index (Phi) is 6.57. The molecule has 8 heteroatoms. The number of thioether (sulfide) groups is 1. The molecule has 0 aromatic heterocycles. The fourth-order valence-electron chi connectivity index (χ4n) is 1.79. The number of hydrogen-bond acceptors (Lipinski definition) is 5. The van der Waals surface area contributed by atoms with Crippen LogP contribution in [-0.2, 0) is 0 Å². The normalized spacial score (nSPS) is 10.9. The van der Waals surface area contributed by atoms with Crippen molar-refractivity contribution in [3.05, 3.63) is 33.6 Å². The average molecular weight is 316 g/mol. The van der Waals surface area contributed by atoms with E-state index in [2.05, 4.69) is 4.90 Å². The maximum absolute atomic E-state index is 13.6. The molecule has 1 rings (SSSR count). The molecule has 0 bridgehead atoms. The molecule has 0 radical (unpaired) electrons. The Balaban J connectivity index is 2.93. The molecule has 1 aromatic carbocycles. The fourth-order valence-corrected chi connectivity index (χ4v) is 2.83. The lowest BCUT2D eigenvalue weighted by Crippen LogP contribution is -2.25. The van der Waals surface area contributed by atoms with Crippen LogP contribution in [0.4, 0.5) is 10.1 Å². The van der Waals surface area contributed by atoms with Gasteiger partial charge >= 0.3 is 5.97 Å². The van der Waals surface area contributed by atoms with E-state index in [0.29, 0.717) is 5.75 Å². The molecule has 1 aromatic rings. The third-order valence-corrected chi connectivity index (χ3v) is 4.06. The Bertz CT molecular complexity index is 535. The Morgan fingerprint density at radius 2 is 2.05 bits per heavy atom. The number of halogens is 1. The quantitative estimate of drug-likeness (QED) is 0.451. The number of nitro groups is 1. The summed E-state index contributed by atoms with van der Waals surface area (Å²) in [5.41, 5.74) is -1.06. The molecule has 21 heavy (non-hydrogen) atoms. The Morgan fingerprint density at radius 1 is 1.43 bits per heavy atom. The first-order valence-electron chi connectivity index (χ1n) is 6.47. The standard InChI is InChI=1S/C13H17FN2O4S/c1-3-15(4-2)5-6-21-12-8-10(14)9(13(17)18)7-11(12)16(19)20/h7-8H,3-6H2,1-2H3,(H,17,18). The van der Waals surface area contributed by atoms with Crippen molar-refractivity contribution in [2.24, 2.45) is 0 Å². The molecule has 0 aliphatic heterocycles. The number of nitro benzene ring substituents is 1. The largest absolute Gasteiger partial charge is 0.478 e. The van der Waals surface area contributed by atoms with Crippen LogP contribution in [0.1, 0.15) is 24.2 Å². The van der Waals surface area contributed by atoms with Crippen molar-refractivity contribution >= 4 is 23.4 Å². The van der Waals surface area contributed by atoms with Gasteiger partial charge in [-0.15, -0.1) is 11.8 Å². The second kappa shape index (κ2) is 7.94. The molecule has 0 aliphatic rings. The highest BCUT2D eigenvalue weighted by Gasteiger charge is 2.22. The van der Waals surface area contributed by atoms with E-state index in [4.69, 9.17) is 5.11 Å². The van der Waals surface area contributed by atoms with Gasteiger partial charge in [-0.2, -0.15) is 0 Å². The molecule has 116 valence electrons. The molecule has 0 saturated carbocycles. The maximum atomic E-state index is 13.6. The van der Waals surface area contributed by atoms with Gasteiger partial charge in [-0.3, -0.25) is 10.1 Å². The lowest BCUT2D eigenvalue weighted by Gasteiger charge is -2.17. The van der Waals surface area contributed by atoms with Crippen LogP contribution in [0.2, 0.25) is 0 Å². The van der Waals surface area contributed by atoms with Crippen LogP contribution >= 0.6 is 11.8 Å². The van der Waals surface area contributed by atoms with E-state index in [1.165, 1.54) is 0 Å². The number of rotatable bonds is 8. The first-order valence-corrected chi connectivity index (χ1v) is 7.45. The number of carbonyl (C=O) groups is 1. The van der Waals surface area contributed by atoms with Gasteiger partial charge in [0.2, 0.25) is 0 Å². The van der Waals surface area contributed by atoms with Crippen molar-refractivity contribution in [3.63, 3.8) is 0 Å². The summed E-state index contributed by atoms with van der Waals surface area (Å²) in [5, 5.41) is 19.8. The van der Waals surface area contributed by atoms with Gasteiger partial charge in [0, 0.05) is 18.4 Å². The van der Waals surface area contributed by atoms with Gasteiger partial charge in [0.1, 0.15) is 11.4 Å². The molecule has 0 heterocycles. The fraction of sp³-hybridized carbons (Fsp3) is 0.462. The summed E-state index contributed by atoms with van der Waals surface area (Å²) >= 11 is 1.15. The molecule has 0 saturated heterocycles. The van der Waals surface area contributed by atoms with E-state index < -0.39 is 22.3 Å². The second-order valence-electron chi connectivity index (χ2n) is 4.24. The molecule has 6 nitrogen and oxygen atoms in total. The topological polar surface area (TPSA) is 83.7 Å². The molecule has 0 atom stereocenters. The number of benzene rings is 1. The summed E-state index contributed by atoms with van der Waals surface area (Å²) in [4.78, 5) is 23.4. The van der Waals surface area contributed by atoms with Crippen molar-refractivity contribution in [1.29, 1.82) is 0 Å². The van der Waals surface area contributed by atoms with Crippen molar-refractivity contribution < 1.29 is 19.2 Å². The van der Waals surface area contributed by atoms with Gasteiger partial charge in [-0.1, -0.05) is 13.8 Å². The summed E-state index contributed by atoms with van der Waals surface area (Å²) in [6.07, 6.45) is 0. The minimum absolute atomic E-state index is 0.148. The number of nitrogens with zero attached hydrogens (tertiary/aromatic N) is 2. The van der Waals surface area contributed by atoms with E-state index in [1.54, 1.807) is 0 Å². The third-order valence-electron chi connectivity index (χ3n) is 3.04. The predicted octanol–water partition coefficient (Wildman–Crippen LogP) is 2.87. The Labute approximate surface area is 126 Å². The first kappa shape index (κ1) is 17.4. The van der Waals surface area contributed by atoms with Crippen LogP contribution in [0.15, 0.2) is 17.0 Å². The molecule has 0 unspecified atom stereocenters. The zero-order valence-corrected chi connectivity index (χ0v) is 12.7. The lowest BCUT2D eigenvalue weighted by molar-refractivity contribution is -0.387. The van der Waals surface area contributed by atoms with Gasteiger partial charge in [0.25, 0.3) is 5.69 Å². The predicted molar refractivity (Wildman–Crippen MR) is 78.5 cm³/mol. The van der Waals surface area contributed by atoms with Crippen LogP contribution in [0, 0.1) is 15.9 Å². The molecular weight excluding hydrogens is 299 g/mol. The van der Waals surface area contributed by atoms with E-state index >= 15 is 0 Å². The zero-order valence-electron chi connectivity index (χ0n) is 11.8. The molecule has 0 amide bonds. The minimum Gasteiger partial charge on any atom is -0.478 e. The Morgan fingerprint density at radius 3 is 2.52 bits per heavy atom. The van der Waals surface area contributed by atoms with Crippen LogP contribution in [0.5, 0.6) is 0 Å². The van der Waals surface area contributed by atoms with Crippen molar-refractivity contribution in [2.75, 3.05) is 25.4 Å². The van der Waals surface area contributed by atoms with Crippen LogP contribution < -0.4 is 0 Å². The molecule has 0 spiro atoms. The van der Waals surface area contributed by atoms with Crippen molar-refractivity contribution in [3.8, 4) is 0 Å². The second-order valence-corrected chi connectivity index (χ2v) is 5.37. The van der Waals surface area contributed by atoms with Crippen LogP contribution in [-0.4, -0.2) is 46.3 Å². The van der Waals surface area contributed by atoms with E-state index in [0.717, 1.165) is 43.5 Å². The summed E-state index contributed by atoms with van der Waals surface area (Å²) in [5.74, 6) is -1.91. The number of carboxylic acid groups (broad SMARTS) is 1. The highest BCUT2D eigenvalue weighted by molar-refractivity contribution is 7.99. The van der Waals surface area contributed by atoms with Crippen molar-refractivity contribution in [2.45, 2.75) is 18.7 Å². The number of carboxylic acids is 1. The monoisotopic (exact) mass is 316 g/mol. The van der Waals surface area contributed by atoms with Gasteiger partial charge in [0.15, 0.2) is 0 Å². The highest BCUT2D eigenvalue weighted by atomic mass is 32.2. The summed E-state index contributed by atoms with van der Waals surface area (Å²) in [7, 11) is 0. The van der Waals surface area contributed by atoms with Gasteiger partial charge < -0.3 is 10.0 Å². The molecule has 0 fully saturated rings. The zero-order chi connectivity index (χ0) is 16.0. The minimum atomic E-state index is -1.52. The van der Waals surface area contributed by atoms with Crippen LogP contribution in [0.3, 0.4) is 0 Å². The molecule has 0 aliphatic carbocycles. The van der Waals surface area contributed by atoms with E-state index in [9.17, 15) is 19.3 Å². The summed E-state index contributed by atoms with van der Waals surface area (Å²) in [6, 6.07) is 1.70. The SMILES string of the molecule is CCN(CC)CCSc1cc(F)c(C(=O)O)cc1[N+](=O)[O-]. The summed E-state index contributed by atoms with van der Waals surface area (Å²) < 4.78 is 13.6. The van der Waals surface area contributed by atoms with Gasteiger partial charge in [0.05, 0.1) is 9.82 Å². The third kappa shape index (κ3) is 4.68. The maximum Gasteiger partial charge on any atom is 0.338 e. The smallest absolute Gasteiger partial charge is 0.338 e. The number of hydrogen-bond donors (Lipinski definition) is 1. The molecular formula is C13H17FN2O4S. The average Bonchev–Trinajstić information content (AvgIpc) is 2.42. The lowest BCUT2D eigenvalue weighted by atomic mass is 10.2.